The van der Waals surface area contributed by atoms with Crippen LogP contribution in [0.25, 0.3) is 21.3 Å². The second kappa shape index (κ2) is 3.92. The Kier molecular flexibility index (Phi) is 2.38. The van der Waals surface area contributed by atoms with Crippen molar-refractivity contribution in [3.63, 3.8) is 0 Å². The zero-order valence-electron chi connectivity index (χ0n) is 9.14. The SMILES string of the molecule is O=C(O)Cc1sc2ccccc2c2n[nH]c(=O)c1-2. The highest BCUT2D eigenvalue weighted by atomic mass is 32.1. The Labute approximate surface area is 105 Å². The minimum absolute atomic E-state index is 0.166. The van der Waals surface area contributed by atoms with E-state index in [2.05, 4.69) is 10.2 Å². The van der Waals surface area contributed by atoms with Crippen LogP contribution in [0.3, 0.4) is 0 Å². The molecule has 3 rings (SSSR count). The smallest absolute Gasteiger partial charge is 0.308 e. The maximum atomic E-state index is 11.7. The molecule has 0 saturated carbocycles. The first-order chi connectivity index (χ1) is 8.66. The van der Waals surface area contributed by atoms with E-state index < -0.39 is 5.97 Å². The van der Waals surface area contributed by atoms with E-state index >= 15 is 0 Å². The first-order valence-corrected chi connectivity index (χ1v) is 6.09. The van der Waals surface area contributed by atoms with Gasteiger partial charge in [-0.25, -0.2) is 5.10 Å². The summed E-state index contributed by atoms with van der Waals surface area (Å²) in [6, 6.07) is 7.51. The molecule has 0 amide bonds. The van der Waals surface area contributed by atoms with Gasteiger partial charge in [-0.2, -0.15) is 5.10 Å². The Bertz CT molecular complexity index is 775. The predicted molar refractivity (Wildman–Crippen MR) is 68.2 cm³/mol. The van der Waals surface area contributed by atoms with Gasteiger partial charge in [-0.15, -0.1) is 11.3 Å². The molecule has 0 aliphatic carbocycles. The van der Waals surface area contributed by atoms with Gasteiger partial charge in [0.2, 0.25) is 0 Å². The summed E-state index contributed by atoms with van der Waals surface area (Å²) in [5, 5.41) is 16.1. The summed E-state index contributed by atoms with van der Waals surface area (Å²) in [5.74, 6) is -0.955. The van der Waals surface area contributed by atoms with Crippen LogP contribution in [0.1, 0.15) is 4.88 Å². The van der Waals surface area contributed by atoms with Gasteiger partial charge in [0.05, 0.1) is 12.0 Å². The third-order valence-electron chi connectivity index (χ3n) is 2.70. The van der Waals surface area contributed by atoms with E-state index in [-0.39, 0.29) is 12.0 Å². The maximum Gasteiger partial charge on any atom is 0.308 e. The first-order valence-electron chi connectivity index (χ1n) is 5.27. The molecule has 90 valence electrons. The standard InChI is InChI=1S/C12H8N2O3S/c15-9(16)5-8-10-11(13-14-12(10)17)6-3-1-2-4-7(6)18-8/h1-4H,5H2,(H,14,17)(H,15,16). The van der Waals surface area contributed by atoms with Gasteiger partial charge in [-0.3, -0.25) is 9.59 Å². The summed E-state index contributed by atoms with van der Waals surface area (Å²) in [7, 11) is 0. The molecule has 0 saturated heterocycles. The lowest BCUT2D eigenvalue weighted by Crippen LogP contribution is -2.07. The molecule has 5 nitrogen and oxygen atoms in total. The Morgan fingerprint density at radius 1 is 1.39 bits per heavy atom. The van der Waals surface area contributed by atoms with Gasteiger partial charge in [0.15, 0.2) is 0 Å². The molecule has 2 heterocycles. The van der Waals surface area contributed by atoms with Crippen molar-refractivity contribution >= 4 is 27.4 Å². The third kappa shape index (κ3) is 1.58. The van der Waals surface area contributed by atoms with Crippen LogP contribution in [0.5, 0.6) is 0 Å². The lowest BCUT2D eigenvalue weighted by Gasteiger charge is -2.06. The summed E-state index contributed by atoms with van der Waals surface area (Å²) >= 11 is 1.32. The van der Waals surface area contributed by atoms with Gasteiger partial charge in [0, 0.05) is 15.0 Å². The summed E-state index contributed by atoms with van der Waals surface area (Å²) in [6.07, 6.45) is -0.166. The predicted octanol–water partition coefficient (Wildman–Crippen LogP) is 1.72. The van der Waals surface area contributed by atoms with Crippen LogP contribution in [0.4, 0.5) is 0 Å². The van der Waals surface area contributed by atoms with Crippen LogP contribution in [0, 0.1) is 0 Å². The maximum absolute atomic E-state index is 11.7. The minimum Gasteiger partial charge on any atom is -0.481 e. The van der Waals surface area contributed by atoms with E-state index in [0.717, 1.165) is 10.1 Å². The third-order valence-corrected chi connectivity index (χ3v) is 3.87. The van der Waals surface area contributed by atoms with Crippen LogP contribution in [0.2, 0.25) is 0 Å². The van der Waals surface area contributed by atoms with Crippen molar-refractivity contribution in [1.29, 1.82) is 0 Å². The number of aliphatic carboxylic acids is 1. The number of hydrogen-bond donors (Lipinski definition) is 2. The van der Waals surface area contributed by atoms with Gasteiger partial charge in [-0.05, 0) is 6.07 Å². The highest BCUT2D eigenvalue weighted by molar-refractivity contribution is 7.19. The average Bonchev–Trinajstić information content (AvgIpc) is 2.72. The number of benzene rings is 1. The van der Waals surface area contributed by atoms with Gasteiger partial charge >= 0.3 is 5.97 Å². The largest absolute Gasteiger partial charge is 0.481 e. The van der Waals surface area contributed by atoms with Gasteiger partial charge in [-0.1, -0.05) is 18.2 Å². The molecule has 0 spiro atoms. The molecule has 18 heavy (non-hydrogen) atoms. The van der Waals surface area contributed by atoms with Crippen LogP contribution in [-0.2, 0) is 11.2 Å². The fraction of sp³-hybridized carbons (Fsp3) is 0.0833. The number of nitrogens with zero attached hydrogens (tertiary/aromatic N) is 1. The monoisotopic (exact) mass is 260 g/mol. The lowest BCUT2D eigenvalue weighted by molar-refractivity contribution is -0.136. The normalized spacial score (nSPS) is 11.1. The van der Waals surface area contributed by atoms with Crippen molar-refractivity contribution in [3.05, 3.63) is 39.5 Å². The van der Waals surface area contributed by atoms with E-state index in [1.165, 1.54) is 11.3 Å². The molecule has 0 atom stereocenters. The van der Waals surface area contributed by atoms with Crippen molar-refractivity contribution in [2.24, 2.45) is 0 Å². The molecule has 1 aromatic carbocycles. The number of rotatable bonds is 2. The number of nitrogens with one attached hydrogen (secondary N) is 1. The Morgan fingerprint density at radius 2 is 2.17 bits per heavy atom. The summed E-state index contributed by atoms with van der Waals surface area (Å²) < 4.78 is 0.924. The quantitative estimate of drug-likeness (QED) is 0.734. The van der Waals surface area contributed by atoms with Gasteiger partial charge < -0.3 is 5.11 Å². The molecule has 1 aromatic rings. The highest BCUT2D eigenvalue weighted by Crippen LogP contribution is 2.34. The Balaban J connectivity index is 2.42. The minimum atomic E-state index is -0.955. The number of carboxylic acid groups (broad SMARTS) is 1. The van der Waals surface area contributed by atoms with E-state index in [1.807, 2.05) is 24.3 Å². The molecule has 2 aliphatic heterocycles. The van der Waals surface area contributed by atoms with Crippen molar-refractivity contribution in [1.82, 2.24) is 10.2 Å². The topological polar surface area (TPSA) is 83.0 Å². The number of aromatic amines is 1. The molecular formula is C12H8N2O3S. The molecule has 0 unspecified atom stereocenters. The Morgan fingerprint density at radius 3 is 2.94 bits per heavy atom. The first kappa shape index (κ1) is 10.9. The van der Waals surface area contributed by atoms with E-state index in [9.17, 15) is 9.59 Å². The molecule has 0 bridgehead atoms. The second-order valence-corrected chi connectivity index (χ2v) is 5.01. The molecule has 0 fully saturated rings. The zero-order valence-corrected chi connectivity index (χ0v) is 9.95. The van der Waals surface area contributed by atoms with E-state index in [0.29, 0.717) is 16.1 Å². The Hall–Kier alpha value is -2.21. The highest BCUT2D eigenvalue weighted by Gasteiger charge is 2.21. The molecular weight excluding hydrogens is 252 g/mol. The molecule has 0 radical (unpaired) electrons. The van der Waals surface area contributed by atoms with Crippen molar-refractivity contribution in [2.75, 3.05) is 0 Å². The lowest BCUT2D eigenvalue weighted by atomic mass is 10.1. The average molecular weight is 260 g/mol. The van der Waals surface area contributed by atoms with E-state index in [4.69, 9.17) is 5.11 Å². The zero-order chi connectivity index (χ0) is 12.7. The summed E-state index contributed by atoms with van der Waals surface area (Å²) in [5.41, 5.74) is 0.606. The van der Waals surface area contributed by atoms with Gasteiger partial charge in [0.1, 0.15) is 5.69 Å². The number of fused-ring (bicyclic) bond motifs is 3. The van der Waals surface area contributed by atoms with Crippen LogP contribution in [0.15, 0.2) is 29.1 Å². The number of hydrogen-bond acceptors (Lipinski definition) is 4. The number of H-pyrrole nitrogens is 1. The molecule has 2 aliphatic rings. The van der Waals surface area contributed by atoms with Crippen LogP contribution in [-0.4, -0.2) is 21.3 Å². The van der Waals surface area contributed by atoms with Crippen molar-refractivity contribution < 1.29 is 9.90 Å². The molecule has 2 N–H and O–H groups in total. The molecule has 0 aromatic heterocycles. The number of carboxylic acids is 1. The number of aromatic nitrogens is 2. The van der Waals surface area contributed by atoms with Crippen LogP contribution < -0.4 is 5.56 Å². The van der Waals surface area contributed by atoms with Gasteiger partial charge in [0.25, 0.3) is 5.56 Å². The number of carbonyl (C=O) groups is 1. The molecule has 6 heteroatoms. The summed E-state index contributed by atoms with van der Waals surface area (Å²) in [4.78, 5) is 23.1. The summed E-state index contributed by atoms with van der Waals surface area (Å²) in [6.45, 7) is 0. The van der Waals surface area contributed by atoms with Crippen LogP contribution >= 0.6 is 11.3 Å². The fourth-order valence-electron chi connectivity index (χ4n) is 1.98. The second-order valence-electron chi connectivity index (χ2n) is 3.87. The van der Waals surface area contributed by atoms with Crippen molar-refractivity contribution in [3.8, 4) is 11.3 Å². The fourth-order valence-corrected chi connectivity index (χ4v) is 3.15. The van der Waals surface area contributed by atoms with Crippen molar-refractivity contribution in [2.45, 2.75) is 6.42 Å². The van der Waals surface area contributed by atoms with E-state index in [1.54, 1.807) is 0 Å².